The molecule has 312 valence electrons. The van der Waals surface area contributed by atoms with Crippen LogP contribution in [0.15, 0.2) is 78.2 Å². The zero-order chi connectivity index (χ0) is 41.5. The number of pyridine rings is 1. The Morgan fingerprint density at radius 2 is 1.70 bits per heavy atom. The molecule has 3 aromatic heterocycles. The Balaban J connectivity index is 0.781. The molecule has 0 radical (unpaired) electrons. The zero-order valence-corrected chi connectivity index (χ0v) is 33.7. The lowest BCUT2D eigenvalue weighted by Gasteiger charge is -2.40. The van der Waals surface area contributed by atoms with Crippen LogP contribution < -0.4 is 31.3 Å². The number of imide groups is 1. The zero-order valence-electron chi connectivity index (χ0n) is 33.7. The molecule has 3 aliphatic heterocycles. The lowest BCUT2D eigenvalue weighted by Crippen LogP contribution is -2.49. The van der Waals surface area contributed by atoms with E-state index in [1.807, 2.05) is 24.3 Å². The van der Waals surface area contributed by atoms with Crippen LogP contribution in [0.3, 0.4) is 0 Å². The van der Waals surface area contributed by atoms with Crippen LogP contribution in [0.2, 0.25) is 0 Å². The number of benzene rings is 2. The highest BCUT2D eigenvalue weighted by Gasteiger charge is 2.34. The number of nitrogens with zero attached hydrogens (tertiary/aromatic N) is 8. The summed E-state index contributed by atoms with van der Waals surface area (Å²) < 4.78 is 18.5. The molecular formula is C44H50FN11O4. The molecule has 15 nitrogen and oxygen atoms in total. The summed E-state index contributed by atoms with van der Waals surface area (Å²) in [4.78, 5) is 58.2. The summed E-state index contributed by atoms with van der Waals surface area (Å²) >= 11 is 0. The van der Waals surface area contributed by atoms with Crippen LogP contribution in [0, 0.1) is 11.7 Å². The van der Waals surface area contributed by atoms with Crippen LogP contribution >= 0.6 is 0 Å². The highest BCUT2D eigenvalue weighted by Crippen LogP contribution is 2.36. The van der Waals surface area contributed by atoms with Crippen LogP contribution in [-0.4, -0.2) is 98.0 Å². The third-order valence-corrected chi connectivity index (χ3v) is 12.4. The lowest BCUT2D eigenvalue weighted by atomic mass is 9.95. The number of anilines is 5. The number of allylic oxidation sites excluding steroid dienone is 1. The van der Waals surface area contributed by atoms with Crippen LogP contribution in [0.4, 0.5) is 33.1 Å². The van der Waals surface area contributed by atoms with E-state index in [0.717, 1.165) is 82.0 Å². The minimum atomic E-state index is -1.04. The normalized spacial score (nSPS) is 21.3. The van der Waals surface area contributed by atoms with E-state index in [1.54, 1.807) is 29.8 Å². The van der Waals surface area contributed by atoms with Crippen molar-refractivity contribution < 1.29 is 19.1 Å². The summed E-state index contributed by atoms with van der Waals surface area (Å²) in [6.45, 7) is 12.2. The second-order valence-corrected chi connectivity index (χ2v) is 16.6. The summed E-state index contributed by atoms with van der Waals surface area (Å²) in [7, 11) is 0. The van der Waals surface area contributed by atoms with E-state index in [1.165, 1.54) is 16.9 Å². The number of hydrogen-bond acceptors (Lipinski definition) is 12. The fourth-order valence-electron chi connectivity index (χ4n) is 9.05. The molecule has 3 saturated heterocycles. The molecule has 60 heavy (non-hydrogen) atoms. The van der Waals surface area contributed by atoms with Gasteiger partial charge in [-0.15, -0.1) is 6.58 Å². The fraction of sp³-hybridized carbons (Fsp3) is 0.409. The Morgan fingerprint density at radius 3 is 2.43 bits per heavy atom. The van der Waals surface area contributed by atoms with Crippen molar-refractivity contribution >= 4 is 51.5 Å². The van der Waals surface area contributed by atoms with Crippen molar-refractivity contribution in [1.29, 1.82) is 0 Å². The van der Waals surface area contributed by atoms with Crippen LogP contribution in [0.25, 0.3) is 16.9 Å². The summed E-state index contributed by atoms with van der Waals surface area (Å²) in [5.74, 6) is 0.410. The van der Waals surface area contributed by atoms with E-state index >= 15 is 4.39 Å². The molecule has 2 amide bonds. The molecule has 2 aromatic carbocycles. The van der Waals surface area contributed by atoms with Gasteiger partial charge in [0.05, 0.1) is 17.9 Å². The van der Waals surface area contributed by atoms with Crippen molar-refractivity contribution in [1.82, 2.24) is 34.5 Å². The van der Waals surface area contributed by atoms with Gasteiger partial charge in [0, 0.05) is 75.5 Å². The first-order valence-corrected chi connectivity index (χ1v) is 20.8. The van der Waals surface area contributed by atoms with Gasteiger partial charge in [0.25, 0.3) is 5.56 Å². The number of fused-ring (bicyclic) bond motifs is 2. The van der Waals surface area contributed by atoms with Gasteiger partial charge in [-0.1, -0.05) is 12.1 Å². The van der Waals surface area contributed by atoms with Gasteiger partial charge in [-0.3, -0.25) is 24.6 Å². The number of nitrogens with one attached hydrogen (secondary N) is 3. The number of rotatable bonds is 11. The predicted octanol–water partition coefficient (Wildman–Crippen LogP) is 4.46. The SMILES string of the molecule is C=CCn1c(=O)c2cnc(Nc3ccc(N4CCN(CC5CCN(c6ccc(NC7CCC(=O)NC7=O)cc6F)CC5)CC4)cc3)nc2n1-c1ccc2c(n1)C(C)(O)CC2. The average molecular weight is 816 g/mol. The molecule has 4 N–H and O–H groups in total. The number of halogens is 1. The van der Waals surface area contributed by atoms with Crippen molar-refractivity contribution in [3.05, 3.63) is 101 Å². The molecule has 16 heteroatoms. The lowest BCUT2D eigenvalue weighted by molar-refractivity contribution is -0.133. The smallest absolute Gasteiger partial charge is 0.278 e. The van der Waals surface area contributed by atoms with Crippen molar-refractivity contribution in [3.63, 3.8) is 0 Å². The quantitative estimate of drug-likeness (QED) is 0.110. The maximum Gasteiger partial charge on any atom is 0.278 e. The van der Waals surface area contributed by atoms with Crippen LogP contribution in [0.1, 0.15) is 50.3 Å². The van der Waals surface area contributed by atoms with Crippen LogP contribution in [0.5, 0.6) is 0 Å². The summed E-state index contributed by atoms with van der Waals surface area (Å²) in [5, 5.41) is 20.0. The van der Waals surface area contributed by atoms with Crippen molar-refractivity contribution in [2.45, 2.75) is 63.6 Å². The maximum atomic E-state index is 15.2. The molecule has 3 fully saturated rings. The number of piperidine rings is 2. The number of piperazine rings is 1. The topological polar surface area (TPSA) is 166 Å². The molecule has 9 rings (SSSR count). The molecule has 2 atom stereocenters. The summed E-state index contributed by atoms with van der Waals surface area (Å²) in [6.07, 6.45) is 7.17. The average Bonchev–Trinajstić information content (AvgIpc) is 3.70. The number of aliphatic hydroxyl groups is 1. The van der Waals surface area contributed by atoms with E-state index < -0.39 is 11.6 Å². The van der Waals surface area contributed by atoms with Crippen LogP contribution in [-0.2, 0) is 28.2 Å². The largest absolute Gasteiger partial charge is 0.384 e. The Labute approximate surface area is 346 Å². The molecule has 0 saturated carbocycles. The number of hydrogen-bond donors (Lipinski definition) is 4. The number of aryl methyl sites for hydroxylation is 1. The summed E-state index contributed by atoms with van der Waals surface area (Å²) in [5.41, 5.74) is 3.80. The minimum absolute atomic E-state index is 0.248. The van der Waals surface area contributed by atoms with Gasteiger partial charge in [0.1, 0.15) is 22.8 Å². The fourth-order valence-corrected chi connectivity index (χ4v) is 9.05. The predicted molar refractivity (Wildman–Crippen MR) is 229 cm³/mol. The van der Waals surface area contributed by atoms with Gasteiger partial charge in [-0.2, -0.15) is 4.98 Å². The van der Waals surface area contributed by atoms with E-state index in [-0.39, 0.29) is 36.2 Å². The summed E-state index contributed by atoms with van der Waals surface area (Å²) in [6, 6.07) is 16.5. The van der Waals surface area contributed by atoms with E-state index in [0.29, 0.717) is 58.6 Å². The first-order chi connectivity index (χ1) is 29.0. The first kappa shape index (κ1) is 39.3. The van der Waals surface area contributed by atoms with E-state index in [9.17, 15) is 19.5 Å². The monoisotopic (exact) mass is 815 g/mol. The molecule has 2 unspecified atom stereocenters. The Bertz CT molecular complexity index is 2500. The number of aromatic nitrogens is 5. The van der Waals surface area contributed by atoms with E-state index in [4.69, 9.17) is 9.97 Å². The minimum Gasteiger partial charge on any atom is -0.384 e. The van der Waals surface area contributed by atoms with Gasteiger partial charge in [0.2, 0.25) is 17.8 Å². The van der Waals surface area contributed by atoms with Gasteiger partial charge in [-0.25, -0.2) is 23.7 Å². The third-order valence-electron chi connectivity index (χ3n) is 12.4. The Morgan fingerprint density at radius 1 is 0.933 bits per heavy atom. The van der Waals surface area contributed by atoms with Crippen molar-refractivity contribution in [2.24, 2.45) is 5.92 Å². The second-order valence-electron chi connectivity index (χ2n) is 16.6. The number of carbonyl (C=O) groups is 2. The highest BCUT2D eigenvalue weighted by atomic mass is 19.1. The third kappa shape index (κ3) is 7.84. The molecule has 1 aliphatic carbocycles. The van der Waals surface area contributed by atoms with Crippen molar-refractivity contribution in [2.75, 3.05) is 66.2 Å². The molecule has 4 aliphatic rings. The van der Waals surface area contributed by atoms with Crippen molar-refractivity contribution in [3.8, 4) is 5.82 Å². The Hall–Kier alpha value is -6.13. The molecule has 0 spiro atoms. The first-order valence-electron chi connectivity index (χ1n) is 20.8. The number of amides is 2. The maximum absolute atomic E-state index is 15.2. The van der Waals surface area contributed by atoms with Gasteiger partial charge in [0.15, 0.2) is 11.5 Å². The van der Waals surface area contributed by atoms with Gasteiger partial charge < -0.3 is 25.5 Å². The molecule has 5 aromatic rings. The van der Waals surface area contributed by atoms with Gasteiger partial charge >= 0.3 is 0 Å². The second kappa shape index (κ2) is 16.1. The standard InChI is InChI=1S/C44H50FN11O4/c1-3-18-55-42(59)33-26-46-43(51-40(33)56(55)37-12-4-29-14-17-44(2,60)39(29)49-37)48-30-5-8-32(9-6-30)53-23-21-52(22-24-53)27-28-15-19-54(20-16-28)36-11-7-31(25-34(36)45)47-35-10-13-38(57)50-41(35)58/h3-9,11-12,25-26,28,35,47,60H,1,10,13-24,27H2,2H3,(H,46,48,51)(H,50,57,58). The van der Waals surface area contributed by atoms with E-state index in [2.05, 4.69) is 54.3 Å². The highest BCUT2D eigenvalue weighted by molar-refractivity contribution is 6.01. The number of carbonyl (C=O) groups excluding carboxylic acids is 2. The Kier molecular flexibility index (Phi) is 10.6. The molecule has 6 heterocycles. The van der Waals surface area contributed by atoms with Gasteiger partial charge in [-0.05, 0) is 99.0 Å². The molecule has 0 bridgehead atoms. The molecular weight excluding hydrogens is 766 g/mol.